The molecule has 0 N–H and O–H groups in total. The molecule has 0 atom stereocenters. The van der Waals surface area contributed by atoms with E-state index in [1.54, 1.807) is 6.07 Å². The van der Waals surface area contributed by atoms with E-state index in [0.717, 1.165) is 22.4 Å². The van der Waals surface area contributed by atoms with Crippen LogP contribution in [0.3, 0.4) is 0 Å². The van der Waals surface area contributed by atoms with Crippen LogP contribution in [0.25, 0.3) is 11.0 Å². The van der Waals surface area contributed by atoms with E-state index in [1.807, 2.05) is 24.3 Å². The van der Waals surface area contributed by atoms with E-state index in [1.165, 1.54) is 11.1 Å². The van der Waals surface area contributed by atoms with E-state index < -0.39 is 0 Å². The van der Waals surface area contributed by atoms with Gasteiger partial charge in [0.25, 0.3) is 0 Å². The molecule has 3 aromatic carbocycles. The molecule has 0 unspecified atom stereocenters. The fraction of sp³-hybridized carbons (Fsp3) is 0.0870. The lowest BCUT2D eigenvalue weighted by Crippen LogP contribution is -2.13. The van der Waals surface area contributed by atoms with Crippen LogP contribution in [0.4, 0.5) is 17.1 Å². The summed E-state index contributed by atoms with van der Waals surface area (Å²) in [5.41, 5.74) is 5.40. The Kier molecular flexibility index (Phi) is 4.05. The van der Waals surface area contributed by atoms with Crippen molar-refractivity contribution in [3.63, 3.8) is 0 Å². The highest BCUT2D eigenvalue weighted by Gasteiger charge is 2.16. The van der Waals surface area contributed by atoms with Crippen molar-refractivity contribution in [1.82, 2.24) is 0 Å². The molecule has 0 aliphatic rings. The average molecular weight is 341 g/mol. The molecule has 1 heterocycles. The smallest absolute Gasteiger partial charge is 0.338 e. The first-order chi connectivity index (χ1) is 12.6. The molecule has 26 heavy (non-hydrogen) atoms. The van der Waals surface area contributed by atoms with Gasteiger partial charge in [0, 0.05) is 22.8 Å². The first-order valence-electron chi connectivity index (χ1n) is 8.58. The molecular weight excluding hydrogens is 322 g/mol. The van der Waals surface area contributed by atoms with Crippen molar-refractivity contribution in [1.29, 1.82) is 0 Å². The maximum absolute atomic E-state index is 12.2. The topological polar surface area (TPSA) is 33.5 Å². The van der Waals surface area contributed by atoms with Crippen molar-refractivity contribution >= 4 is 28.0 Å². The molecule has 1 aromatic heterocycles. The van der Waals surface area contributed by atoms with Crippen LogP contribution in [0.5, 0.6) is 0 Å². The molecule has 0 aliphatic heterocycles. The van der Waals surface area contributed by atoms with Gasteiger partial charge >= 0.3 is 5.63 Å². The highest BCUT2D eigenvalue weighted by Crippen LogP contribution is 2.37. The van der Waals surface area contributed by atoms with Crippen LogP contribution in [0, 0.1) is 13.8 Å². The second-order valence-electron chi connectivity index (χ2n) is 6.45. The van der Waals surface area contributed by atoms with Crippen LogP contribution in [0.2, 0.25) is 0 Å². The Morgan fingerprint density at radius 2 is 1.27 bits per heavy atom. The molecular formula is C23H19NO2. The summed E-state index contributed by atoms with van der Waals surface area (Å²) in [7, 11) is 0. The van der Waals surface area contributed by atoms with Crippen molar-refractivity contribution in [3.05, 3.63) is 100 Å². The quantitative estimate of drug-likeness (QED) is 0.436. The fourth-order valence-electron chi connectivity index (χ4n) is 3.09. The Balaban J connectivity index is 2.01. The van der Waals surface area contributed by atoms with Crippen LogP contribution < -0.4 is 10.5 Å². The number of para-hydroxylation sites is 1. The molecule has 4 rings (SSSR count). The highest BCUT2D eigenvalue weighted by atomic mass is 16.4. The van der Waals surface area contributed by atoms with Gasteiger partial charge in [-0.15, -0.1) is 0 Å². The Morgan fingerprint density at radius 3 is 1.85 bits per heavy atom. The highest BCUT2D eigenvalue weighted by molar-refractivity contribution is 5.95. The summed E-state index contributed by atoms with van der Waals surface area (Å²) in [6.07, 6.45) is 0. The van der Waals surface area contributed by atoms with Gasteiger partial charge in [0.05, 0.1) is 5.69 Å². The Bertz CT molecular complexity index is 1060. The molecule has 0 fully saturated rings. The lowest BCUT2D eigenvalue weighted by molar-refractivity contribution is 0.561. The Morgan fingerprint density at radius 1 is 0.731 bits per heavy atom. The minimum absolute atomic E-state index is 0.358. The maximum atomic E-state index is 12.2. The second kappa shape index (κ2) is 6.52. The molecule has 0 radical (unpaired) electrons. The summed E-state index contributed by atoms with van der Waals surface area (Å²) in [6, 6.07) is 25.7. The lowest BCUT2D eigenvalue weighted by Gasteiger charge is -2.26. The van der Waals surface area contributed by atoms with Gasteiger partial charge in [-0.25, -0.2) is 4.79 Å². The molecule has 128 valence electrons. The lowest BCUT2D eigenvalue weighted by atomic mass is 10.1. The zero-order valence-electron chi connectivity index (χ0n) is 14.8. The molecule has 0 saturated carbocycles. The van der Waals surface area contributed by atoms with Crippen molar-refractivity contribution in [2.45, 2.75) is 13.8 Å². The molecule has 0 amide bonds. The summed E-state index contributed by atoms with van der Waals surface area (Å²) < 4.78 is 5.38. The number of benzene rings is 3. The van der Waals surface area contributed by atoms with Crippen molar-refractivity contribution in [3.8, 4) is 0 Å². The van der Waals surface area contributed by atoms with E-state index in [0.29, 0.717) is 5.58 Å². The SMILES string of the molecule is Cc1ccc(N(c2ccc(C)cc2)c2cc(=O)oc3ccccc23)cc1. The largest absolute Gasteiger partial charge is 0.423 e. The van der Waals surface area contributed by atoms with Gasteiger partial charge in [0.2, 0.25) is 0 Å². The first-order valence-corrected chi connectivity index (χ1v) is 8.58. The summed E-state index contributed by atoms with van der Waals surface area (Å²) >= 11 is 0. The van der Waals surface area contributed by atoms with Crippen LogP contribution in [0.1, 0.15) is 11.1 Å². The van der Waals surface area contributed by atoms with E-state index in [2.05, 4.69) is 67.3 Å². The fourth-order valence-corrected chi connectivity index (χ4v) is 3.09. The van der Waals surface area contributed by atoms with Gasteiger partial charge in [-0.3, -0.25) is 0 Å². The monoisotopic (exact) mass is 341 g/mol. The molecule has 3 nitrogen and oxygen atoms in total. The third-order valence-corrected chi connectivity index (χ3v) is 4.45. The van der Waals surface area contributed by atoms with Crippen LogP contribution in [-0.2, 0) is 0 Å². The van der Waals surface area contributed by atoms with Crippen molar-refractivity contribution in [2.24, 2.45) is 0 Å². The van der Waals surface area contributed by atoms with Gasteiger partial charge in [-0.05, 0) is 50.2 Å². The van der Waals surface area contributed by atoms with Crippen molar-refractivity contribution < 1.29 is 4.42 Å². The van der Waals surface area contributed by atoms with Crippen molar-refractivity contribution in [2.75, 3.05) is 4.90 Å². The normalized spacial score (nSPS) is 10.8. The van der Waals surface area contributed by atoms with Crippen LogP contribution in [-0.4, -0.2) is 0 Å². The molecule has 4 aromatic rings. The molecule has 0 bridgehead atoms. The van der Waals surface area contributed by atoms with Crippen LogP contribution in [0.15, 0.2) is 88.1 Å². The van der Waals surface area contributed by atoms with E-state index in [4.69, 9.17) is 4.42 Å². The predicted octanol–water partition coefficient (Wildman–Crippen LogP) is 5.88. The first kappa shape index (κ1) is 16.2. The minimum atomic E-state index is -0.358. The number of anilines is 3. The molecule has 0 saturated heterocycles. The van der Waals surface area contributed by atoms with Crippen LogP contribution >= 0.6 is 0 Å². The maximum Gasteiger partial charge on any atom is 0.338 e. The van der Waals surface area contributed by atoms with Gasteiger partial charge in [-0.2, -0.15) is 0 Å². The zero-order valence-corrected chi connectivity index (χ0v) is 14.8. The van der Waals surface area contributed by atoms with Gasteiger partial charge in [-0.1, -0.05) is 47.5 Å². The van der Waals surface area contributed by atoms with E-state index in [9.17, 15) is 4.79 Å². The molecule has 3 heteroatoms. The number of rotatable bonds is 3. The number of aryl methyl sites for hydroxylation is 2. The van der Waals surface area contributed by atoms with Gasteiger partial charge in [0.15, 0.2) is 0 Å². The predicted molar refractivity (Wildman–Crippen MR) is 107 cm³/mol. The Labute approximate surface area is 152 Å². The number of hydrogen-bond donors (Lipinski definition) is 0. The van der Waals surface area contributed by atoms with Gasteiger partial charge < -0.3 is 9.32 Å². The number of fused-ring (bicyclic) bond motifs is 1. The average Bonchev–Trinajstić information content (AvgIpc) is 2.65. The summed E-state index contributed by atoms with van der Waals surface area (Å²) in [4.78, 5) is 14.3. The Hall–Kier alpha value is -3.33. The van der Waals surface area contributed by atoms with E-state index in [-0.39, 0.29) is 5.63 Å². The van der Waals surface area contributed by atoms with Gasteiger partial charge in [0.1, 0.15) is 5.58 Å². The molecule has 0 spiro atoms. The minimum Gasteiger partial charge on any atom is -0.423 e. The second-order valence-corrected chi connectivity index (χ2v) is 6.45. The number of nitrogens with zero attached hydrogens (tertiary/aromatic N) is 1. The summed E-state index contributed by atoms with van der Waals surface area (Å²) in [5, 5.41) is 0.897. The third kappa shape index (κ3) is 3.00. The van der Waals surface area contributed by atoms with E-state index >= 15 is 0 Å². The third-order valence-electron chi connectivity index (χ3n) is 4.45. The summed E-state index contributed by atoms with van der Waals surface area (Å²) in [6.45, 7) is 4.12. The standard InChI is InChI=1S/C23H19NO2/c1-16-7-11-18(12-8-16)24(19-13-9-17(2)10-14-19)21-15-23(25)26-22-6-4-3-5-20(21)22/h3-15H,1-2H3. The number of hydrogen-bond acceptors (Lipinski definition) is 3. The molecule has 0 aliphatic carbocycles. The summed E-state index contributed by atoms with van der Waals surface area (Å²) in [5.74, 6) is 0. The zero-order chi connectivity index (χ0) is 18.1.